The topological polar surface area (TPSA) is 80.2 Å². The van der Waals surface area contributed by atoms with Crippen LogP contribution in [0.15, 0.2) is 24.4 Å². The first kappa shape index (κ1) is 24.8. The Labute approximate surface area is 199 Å². The summed E-state index contributed by atoms with van der Waals surface area (Å²) in [4.78, 5) is 27.3. The van der Waals surface area contributed by atoms with E-state index in [1.165, 1.54) is 17.0 Å². The van der Waals surface area contributed by atoms with Gasteiger partial charge in [-0.15, -0.1) is 0 Å². The molecule has 1 atom stereocenters. The summed E-state index contributed by atoms with van der Waals surface area (Å²) in [6.45, 7) is 5.35. The van der Waals surface area contributed by atoms with Crippen LogP contribution in [-0.4, -0.2) is 57.9 Å². The number of morpholine rings is 1. The molecule has 2 aromatic heterocycles. The fraction of sp³-hybridized carbons (Fsp3) is 0.417. The molecular weight excluding hydrogens is 466 g/mol. The summed E-state index contributed by atoms with van der Waals surface area (Å²) in [6.07, 6.45) is -4.35. The van der Waals surface area contributed by atoms with E-state index in [0.29, 0.717) is 34.7 Å². The number of anilines is 1. The van der Waals surface area contributed by atoms with Gasteiger partial charge in [0.2, 0.25) is 0 Å². The second-order valence-corrected chi connectivity index (χ2v) is 8.51. The summed E-state index contributed by atoms with van der Waals surface area (Å²) in [5, 5.41) is 3.23. The summed E-state index contributed by atoms with van der Waals surface area (Å²) in [5.74, 6) is 0.0303. The third-order valence-electron chi connectivity index (χ3n) is 5.86. The Balaban J connectivity index is 1.60. The van der Waals surface area contributed by atoms with Crippen LogP contribution in [0, 0.1) is 19.7 Å². The van der Waals surface area contributed by atoms with Gasteiger partial charge in [-0.2, -0.15) is 13.2 Å². The van der Waals surface area contributed by atoms with E-state index < -0.39 is 30.5 Å². The first-order valence-electron chi connectivity index (χ1n) is 11.2. The summed E-state index contributed by atoms with van der Waals surface area (Å²) in [5.41, 5.74) is 3.18. The van der Waals surface area contributed by atoms with Crippen molar-refractivity contribution in [3.63, 3.8) is 0 Å². The fourth-order valence-electron chi connectivity index (χ4n) is 4.07. The lowest BCUT2D eigenvalue weighted by Crippen LogP contribution is -2.48. The van der Waals surface area contributed by atoms with Crippen molar-refractivity contribution in [3.8, 4) is 11.1 Å². The smallest absolute Gasteiger partial charge is 0.374 e. The number of carbonyl (C=O) groups excluding carboxylic acids is 1. The van der Waals surface area contributed by atoms with E-state index in [9.17, 15) is 22.4 Å². The molecular formula is C24H25F4N5O2. The second kappa shape index (κ2) is 9.73. The van der Waals surface area contributed by atoms with Gasteiger partial charge in [-0.25, -0.2) is 24.1 Å². The van der Waals surface area contributed by atoms with Gasteiger partial charge in [-0.3, -0.25) is 0 Å². The van der Waals surface area contributed by atoms with Crippen molar-refractivity contribution in [2.45, 2.75) is 45.9 Å². The van der Waals surface area contributed by atoms with E-state index >= 15 is 0 Å². The third-order valence-corrected chi connectivity index (χ3v) is 5.86. The van der Waals surface area contributed by atoms with Gasteiger partial charge in [0.05, 0.1) is 24.8 Å². The van der Waals surface area contributed by atoms with Crippen molar-refractivity contribution in [2.75, 3.05) is 25.0 Å². The molecule has 11 heteroatoms. The third kappa shape index (κ3) is 5.67. The standard InChI is InChI=1S/C24H25F4N5O2/c1-4-21-29-11-15-8-18(14(3)30-22(15)32-21)17-9-20(19(25)7-13(17)2)31-23(34)33-5-6-35-16(12-33)10-24(26,27)28/h7-9,11,16H,4-6,10,12H2,1-3H3,(H,31,34)/t16-/m0/s1. The number of alkyl halides is 3. The molecule has 3 heterocycles. The molecule has 0 spiro atoms. The zero-order valence-corrected chi connectivity index (χ0v) is 19.5. The van der Waals surface area contributed by atoms with Crippen molar-refractivity contribution >= 4 is 22.8 Å². The van der Waals surface area contributed by atoms with E-state index in [1.54, 1.807) is 13.1 Å². The number of pyridine rings is 1. The van der Waals surface area contributed by atoms with Crippen LogP contribution in [0.25, 0.3) is 22.2 Å². The number of aryl methyl sites for hydroxylation is 3. The summed E-state index contributed by atoms with van der Waals surface area (Å²) >= 11 is 0. The molecule has 0 radical (unpaired) electrons. The monoisotopic (exact) mass is 491 g/mol. The van der Waals surface area contributed by atoms with Crippen molar-refractivity contribution in [2.24, 2.45) is 0 Å². The largest absolute Gasteiger partial charge is 0.391 e. The number of rotatable bonds is 4. The zero-order valence-electron chi connectivity index (χ0n) is 19.5. The number of halogens is 4. The number of ether oxygens (including phenoxy) is 1. The zero-order chi connectivity index (χ0) is 25.3. The Morgan fingerprint density at radius 1 is 1.20 bits per heavy atom. The van der Waals surface area contributed by atoms with Crippen molar-refractivity contribution < 1.29 is 27.1 Å². The van der Waals surface area contributed by atoms with Crippen molar-refractivity contribution in [1.82, 2.24) is 19.9 Å². The molecule has 0 unspecified atom stereocenters. The number of hydrogen-bond donors (Lipinski definition) is 1. The SMILES string of the molecule is CCc1ncc2cc(-c3cc(NC(=O)N4CCO[C@@H](CC(F)(F)F)C4)c(F)cc3C)c(C)nc2n1. The van der Waals surface area contributed by atoms with Crippen LogP contribution in [0.2, 0.25) is 0 Å². The number of urea groups is 1. The molecule has 1 aliphatic rings. The molecule has 1 aliphatic heterocycles. The molecule has 0 aliphatic carbocycles. The van der Waals surface area contributed by atoms with Crippen LogP contribution in [0.5, 0.6) is 0 Å². The number of amides is 2. The molecule has 1 aromatic carbocycles. The first-order chi connectivity index (χ1) is 16.5. The Hall–Kier alpha value is -3.34. The number of aromatic nitrogens is 3. The lowest BCUT2D eigenvalue weighted by Gasteiger charge is -2.33. The Morgan fingerprint density at radius 3 is 2.69 bits per heavy atom. The molecule has 2 amide bonds. The van der Waals surface area contributed by atoms with E-state index in [0.717, 1.165) is 10.9 Å². The Kier molecular flexibility index (Phi) is 6.88. The van der Waals surface area contributed by atoms with Crippen molar-refractivity contribution in [1.29, 1.82) is 0 Å². The van der Waals surface area contributed by atoms with Crippen LogP contribution in [0.3, 0.4) is 0 Å². The van der Waals surface area contributed by atoms with E-state index in [1.807, 2.05) is 19.9 Å². The lowest BCUT2D eigenvalue weighted by molar-refractivity contribution is -0.168. The maximum absolute atomic E-state index is 14.8. The predicted molar refractivity (Wildman–Crippen MR) is 123 cm³/mol. The average Bonchev–Trinajstić information content (AvgIpc) is 2.79. The normalized spacial score (nSPS) is 16.5. The minimum atomic E-state index is -4.41. The van der Waals surface area contributed by atoms with Gasteiger partial charge in [0.15, 0.2) is 5.65 Å². The highest BCUT2D eigenvalue weighted by Crippen LogP contribution is 2.32. The molecule has 35 heavy (non-hydrogen) atoms. The highest BCUT2D eigenvalue weighted by molar-refractivity contribution is 5.91. The number of hydrogen-bond acceptors (Lipinski definition) is 5. The highest BCUT2D eigenvalue weighted by Gasteiger charge is 2.36. The lowest BCUT2D eigenvalue weighted by atomic mass is 9.97. The van der Waals surface area contributed by atoms with Gasteiger partial charge >= 0.3 is 12.2 Å². The van der Waals surface area contributed by atoms with Crippen molar-refractivity contribution in [3.05, 3.63) is 47.3 Å². The molecule has 0 saturated carbocycles. The number of nitrogens with one attached hydrogen (secondary N) is 1. The maximum atomic E-state index is 14.8. The quantitative estimate of drug-likeness (QED) is 0.508. The number of benzene rings is 1. The number of nitrogens with zero attached hydrogens (tertiary/aromatic N) is 4. The molecule has 0 bridgehead atoms. The van der Waals surface area contributed by atoms with Gasteiger partial charge in [-0.1, -0.05) is 6.92 Å². The van der Waals surface area contributed by atoms with Gasteiger partial charge < -0.3 is 15.0 Å². The van der Waals surface area contributed by atoms with E-state index in [4.69, 9.17) is 4.74 Å². The fourth-order valence-corrected chi connectivity index (χ4v) is 4.07. The summed E-state index contributed by atoms with van der Waals surface area (Å²) < 4.78 is 58.1. The molecule has 1 saturated heterocycles. The Morgan fingerprint density at radius 2 is 1.97 bits per heavy atom. The second-order valence-electron chi connectivity index (χ2n) is 8.51. The van der Waals surface area contributed by atoms with Gasteiger partial charge in [0.1, 0.15) is 11.6 Å². The molecule has 7 nitrogen and oxygen atoms in total. The predicted octanol–water partition coefficient (Wildman–Crippen LogP) is 5.20. The number of fused-ring (bicyclic) bond motifs is 1. The molecule has 1 N–H and O–H groups in total. The van der Waals surface area contributed by atoms with Crippen LogP contribution >= 0.6 is 0 Å². The summed E-state index contributed by atoms with van der Waals surface area (Å²) in [6, 6.07) is 3.99. The maximum Gasteiger partial charge on any atom is 0.391 e. The number of carbonyl (C=O) groups is 1. The molecule has 186 valence electrons. The summed E-state index contributed by atoms with van der Waals surface area (Å²) in [7, 11) is 0. The first-order valence-corrected chi connectivity index (χ1v) is 11.2. The van der Waals surface area contributed by atoms with E-state index in [2.05, 4.69) is 20.3 Å². The van der Waals surface area contributed by atoms with Crippen LogP contribution in [-0.2, 0) is 11.2 Å². The average molecular weight is 491 g/mol. The Bertz CT molecular complexity index is 1260. The highest BCUT2D eigenvalue weighted by atomic mass is 19.4. The van der Waals surface area contributed by atoms with E-state index in [-0.39, 0.29) is 25.4 Å². The van der Waals surface area contributed by atoms with Crippen LogP contribution < -0.4 is 5.32 Å². The molecule has 3 aromatic rings. The van der Waals surface area contributed by atoms with Gasteiger partial charge in [-0.05, 0) is 43.2 Å². The minimum Gasteiger partial charge on any atom is -0.374 e. The van der Waals surface area contributed by atoms with Crippen LogP contribution in [0.1, 0.15) is 30.4 Å². The van der Waals surface area contributed by atoms with Gasteiger partial charge in [0.25, 0.3) is 0 Å². The molecule has 4 rings (SSSR count). The van der Waals surface area contributed by atoms with Gasteiger partial charge in [0, 0.05) is 42.4 Å². The van der Waals surface area contributed by atoms with Crippen LogP contribution in [0.4, 0.5) is 28.0 Å². The molecule has 1 fully saturated rings. The minimum absolute atomic E-state index is 0.0282.